The lowest BCUT2D eigenvalue weighted by molar-refractivity contribution is -0.137. The number of aryl methyl sites for hydroxylation is 1. The highest BCUT2D eigenvalue weighted by molar-refractivity contribution is 9.10. The summed E-state index contributed by atoms with van der Waals surface area (Å²) in [5.41, 5.74) is 2.54. The van der Waals surface area contributed by atoms with Crippen LogP contribution < -0.4 is 5.32 Å². The molecule has 5 rings (SSSR count). The standard InChI is InChI=1S/C27H25BrF3N5O2S/c1-18-6-2-3-10-22(18)24-13-25(36-26(34-24)23(28)15-33-36)32-14-19-7-5-11-35(16-19)39(38,17-37)21-9-4-8-20(12-21)27(29,30)31/h2-4,6,8-10,12-13,15,19,32H,5,7,11,14,16H2,1H3. The Morgan fingerprint density at radius 1 is 1.18 bits per heavy atom. The zero-order valence-electron chi connectivity index (χ0n) is 20.9. The maximum atomic E-state index is 13.7. The molecule has 204 valence electrons. The largest absolute Gasteiger partial charge is 0.416 e. The third-order valence-electron chi connectivity index (χ3n) is 6.86. The fourth-order valence-corrected chi connectivity index (χ4v) is 7.04. The first kappa shape index (κ1) is 27.4. The number of hydrogen-bond acceptors (Lipinski definition) is 5. The molecule has 1 saturated heterocycles. The van der Waals surface area contributed by atoms with Gasteiger partial charge < -0.3 is 5.32 Å². The molecule has 0 bridgehead atoms. The molecule has 0 saturated carbocycles. The smallest absolute Gasteiger partial charge is 0.370 e. The van der Waals surface area contributed by atoms with E-state index >= 15 is 0 Å². The molecule has 39 heavy (non-hydrogen) atoms. The van der Waals surface area contributed by atoms with Gasteiger partial charge in [-0.25, -0.2) is 18.3 Å². The average Bonchev–Trinajstić information content (AvgIpc) is 3.31. The molecule has 0 amide bonds. The predicted molar refractivity (Wildman–Crippen MR) is 147 cm³/mol. The number of anilines is 1. The van der Waals surface area contributed by atoms with Crippen molar-refractivity contribution in [1.29, 1.82) is 0 Å². The molecule has 1 aliphatic rings. The number of hydrogen-bond donors (Lipinski definition) is 1. The first-order chi connectivity index (χ1) is 18.6. The molecule has 3 heterocycles. The lowest BCUT2D eigenvalue weighted by atomic mass is 10.00. The predicted octanol–water partition coefficient (Wildman–Crippen LogP) is 5.94. The van der Waals surface area contributed by atoms with Crippen molar-refractivity contribution in [3.63, 3.8) is 0 Å². The van der Waals surface area contributed by atoms with Crippen molar-refractivity contribution in [2.75, 3.05) is 25.0 Å². The number of aromatic nitrogens is 3. The minimum atomic E-state index is -4.61. The zero-order valence-corrected chi connectivity index (χ0v) is 23.3. The Morgan fingerprint density at radius 2 is 1.97 bits per heavy atom. The van der Waals surface area contributed by atoms with Crippen LogP contribution >= 0.6 is 15.9 Å². The number of halogens is 4. The van der Waals surface area contributed by atoms with Crippen LogP contribution in [-0.4, -0.2) is 48.0 Å². The summed E-state index contributed by atoms with van der Waals surface area (Å²) in [6, 6.07) is 14.0. The van der Waals surface area contributed by atoms with E-state index in [1.807, 2.05) is 37.3 Å². The van der Waals surface area contributed by atoms with Gasteiger partial charge in [-0.2, -0.15) is 22.8 Å². The lowest BCUT2D eigenvalue weighted by Crippen LogP contribution is -2.42. The van der Waals surface area contributed by atoms with Gasteiger partial charge in [0.15, 0.2) is 5.65 Å². The van der Waals surface area contributed by atoms with E-state index in [1.54, 1.807) is 15.9 Å². The summed E-state index contributed by atoms with van der Waals surface area (Å²) >= 11 is 3.51. The van der Waals surface area contributed by atoms with E-state index in [1.165, 1.54) is 16.4 Å². The number of nitrogens with zero attached hydrogens (tertiary/aromatic N) is 4. The van der Waals surface area contributed by atoms with Gasteiger partial charge in [-0.05, 0) is 65.4 Å². The highest BCUT2D eigenvalue weighted by atomic mass is 79.9. The summed E-state index contributed by atoms with van der Waals surface area (Å²) in [6.07, 6.45) is -1.51. The van der Waals surface area contributed by atoms with Gasteiger partial charge in [-0.3, -0.25) is 0 Å². The number of fused-ring (bicyclic) bond motifs is 1. The molecule has 7 nitrogen and oxygen atoms in total. The molecule has 0 spiro atoms. The highest BCUT2D eigenvalue weighted by Gasteiger charge is 2.34. The van der Waals surface area contributed by atoms with Gasteiger partial charge >= 0.3 is 6.18 Å². The van der Waals surface area contributed by atoms with Gasteiger partial charge in [0.05, 0.1) is 26.8 Å². The van der Waals surface area contributed by atoms with Crippen LogP contribution in [0.25, 0.3) is 16.9 Å². The van der Waals surface area contributed by atoms with E-state index in [-0.39, 0.29) is 17.4 Å². The van der Waals surface area contributed by atoms with Gasteiger partial charge in [0, 0.05) is 31.3 Å². The van der Waals surface area contributed by atoms with Crippen molar-refractivity contribution in [3.05, 3.63) is 76.4 Å². The Hall–Kier alpha value is -3.18. The monoisotopic (exact) mass is 619 g/mol. The third kappa shape index (κ3) is 5.47. The molecular formula is C27H25BrF3N5O2S. The Balaban J connectivity index is 1.39. The first-order valence-corrected chi connectivity index (χ1v) is 14.6. The fourth-order valence-electron chi connectivity index (χ4n) is 4.83. The van der Waals surface area contributed by atoms with Crippen LogP contribution in [0.2, 0.25) is 0 Å². The Kier molecular flexibility index (Phi) is 7.56. The SMILES string of the molecule is Cc1ccccc1-c1cc(NCC2CCCN(S(=O)(=C=O)c3cccc(C(F)(F)F)c3)C2)n2ncc(Br)c2n1. The van der Waals surface area contributed by atoms with E-state index in [4.69, 9.17) is 4.98 Å². The molecular weight excluding hydrogens is 595 g/mol. The summed E-state index contributed by atoms with van der Waals surface area (Å²) in [5, 5.41) is 9.44. The Morgan fingerprint density at radius 3 is 2.72 bits per heavy atom. The van der Waals surface area contributed by atoms with Crippen LogP contribution in [0.5, 0.6) is 0 Å². The zero-order chi connectivity index (χ0) is 27.8. The van der Waals surface area contributed by atoms with Crippen molar-refractivity contribution in [2.45, 2.75) is 30.8 Å². The number of alkyl halides is 3. The summed E-state index contributed by atoms with van der Waals surface area (Å²) < 4.78 is 57.4. The second kappa shape index (κ2) is 10.8. The van der Waals surface area contributed by atoms with Crippen molar-refractivity contribution >= 4 is 42.3 Å². The molecule has 2 aromatic heterocycles. The molecule has 1 fully saturated rings. The normalized spacial score (nSPS) is 18.0. The van der Waals surface area contributed by atoms with Crippen LogP contribution in [0.4, 0.5) is 19.0 Å². The van der Waals surface area contributed by atoms with Crippen molar-refractivity contribution in [3.8, 4) is 11.3 Å². The van der Waals surface area contributed by atoms with E-state index in [0.717, 1.165) is 39.8 Å². The van der Waals surface area contributed by atoms with Crippen LogP contribution in [0, 0.1) is 12.8 Å². The summed E-state index contributed by atoms with van der Waals surface area (Å²) in [6.45, 7) is 3.07. The van der Waals surface area contributed by atoms with Crippen LogP contribution in [-0.2, 0) is 20.7 Å². The van der Waals surface area contributed by atoms with E-state index < -0.39 is 21.4 Å². The van der Waals surface area contributed by atoms with Crippen molar-refractivity contribution < 1.29 is 22.2 Å². The lowest BCUT2D eigenvalue weighted by Gasteiger charge is -2.33. The third-order valence-corrected chi connectivity index (χ3v) is 9.60. The quantitative estimate of drug-likeness (QED) is 0.270. The fraction of sp³-hybridized carbons (Fsp3) is 0.296. The molecule has 2 atom stereocenters. The van der Waals surface area contributed by atoms with E-state index in [9.17, 15) is 22.2 Å². The summed E-state index contributed by atoms with van der Waals surface area (Å²) in [4.78, 5) is 16.6. The molecule has 2 aromatic carbocycles. The maximum absolute atomic E-state index is 13.7. The van der Waals surface area contributed by atoms with E-state index in [2.05, 4.69) is 26.3 Å². The first-order valence-electron chi connectivity index (χ1n) is 12.3. The second-order valence-electron chi connectivity index (χ2n) is 9.48. The van der Waals surface area contributed by atoms with Crippen LogP contribution in [0.1, 0.15) is 24.0 Å². The number of piperidine rings is 1. The van der Waals surface area contributed by atoms with E-state index in [0.29, 0.717) is 31.0 Å². The molecule has 12 heteroatoms. The highest BCUT2D eigenvalue weighted by Crippen LogP contribution is 2.33. The minimum Gasteiger partial charge on any atom is -0.370 e. The number of carbonyl (C=O) groups excluding carboxylic acids is 1. The van der Waals surface area contributed by atoms with Crippen molar-refractivity contribution in [1.82, 2.24) is 18.9 Å². The number of benzene rings is 2. The van der Waals surface area contributed by atoms with Gasteiger partial charge in [0.25, 0.3) is 0 Å². The molecule has 0 aliphatic carbocycles. The summed E-state index contributed by atoms with van der Waals surface area (Å²) in [7, 11) is -3.62. The van der Waals surface area contributed by atoms with Gasteiger partial charge in [0.2, 0.25) is 5.23 Å². The molecule has 1 aliphatic heterocycles. The van der Waals surface area contributed by atoms with Gasteiger partial charge in [0.1, 0.15) is 15.5 Å². The maximum Gasteiger partial charge on any atom is 0.416 e. The molecule has 2 unspecified atom stereocenters. The van der Waals surface area contributed by atoms with Gasteiger partial charge in [-0.1, -0.05) is 30.3 Å². The Bertz CT molecular complexity index is 1680. The minimum absolute atomic E-state index is 0.0251. The number of nitrogens with one attached hydrogen (secondary N) is 1. The molecule has 4 aromatic rings. The van der Waals surface area contributed by atoms with Crippen LogP contribution in [0.3, 0.4) is 0 Å². The topological polar surface area (TPSA) is 79.6 Å². The number of rotatable bonds is 6. The summed E-state index contributed by atoms with van der Waals surface area (Å²) in [5.74, 6) is 0.685. The van der Waals surface area contributed by atoms with Crippen molar-refractivity contribution in [2.24, 2.45) is 5.92 Å². The average molecular weight is 620 g/mol. The van der Waals surface area contributed by atoms with Gasteiger partial charge in [-0.15, -0.1) is 0 Å². The second-order valence-corrected chi connectivity index (χ2v) is 12.5. The molecule has 0 radical (unpaired) electrons. The van der Waals surface area contributed by atoms with Crippen LogP contribution in [0.15, 0.2) is 70.2 Å². The molecule has 1 N–H and O–H groups in total. The Labute approximate surface area is 232 Å².